The van der Waals surface area contributed by atoms with E-state index in [2.05, 4.69) is 21.3 Å². The molecule has 0 aliphatic rings. The summed E-state index contributed by atoms with van der Waals surface area (Å²) in [5.74, 6) is -0.337. The van der Waals surface area contributed by atoms with Gasteiger partial charge < -0.3 is 27.0 Å². The van der Waals surface area contributed by atoms with Crippen LogP contribution in [0.1, 0.15) is 54.4 Å². The number of amides is 4. The highest BCUT2D eigenvalue weighted by Crippen LogP contribution is 2.06. The summed E-state index contributed by atoms with van der Waals surface area (Å²) in [5, 5.41) is 11.3. The van der Waals surface area contributed by atoms with E-state index < -0.39 is 17.6 Å². The van der Waals surface area contributed by atoms with Gasteiger partial charge in [-0.15, -0.1) is 0 Å². The van der Waals surface area contributed by atoms with Crippen LogP contribution < -0.4 is 27.0 Å². The zero-order chi connectivity index (χ0) is 19.6. The van der Waals surface area contributed by atoms with Gasteiger partial charge in [0.05, 0.1) is 6.04 Å². The van der Waals surface area contributed by atoms with Gasteiger partial charge in [0.25, 0.3) is 0 Å². The van der Waals surface area contributed by atoms with Crippen molar-refractivity contribution < 1.29 is 14.4 Å². The Morgan fingerprint density at radius 3 is 2.12 bits per heavy atom. The number of urea groups is 1. The first-order valence-corrected chi connectivity index (χ1v) is 8.87. The molecule has 0 heterocycles. The summed E-state index contributed by atoms with van der Waals surface area (Å²) in [7, 11) is 0. The second-order valence-electron chi connectivity index (χ2n) is 7.51. The first-order chi connectivity index (χ1) is 11.5. The van der Waals surface area contributed by atoms with Gasteiger partial charge in [0.1, 0.15) is 6.04 Å². The Kier molecular flexibility index (Phi) is 10.1. The number of nitrogens with two attached hydrogens (primary N) is 1. The van der Waals surface area contributed by atoms with Gasteiger partial charge in [0.2, 0.25) is 11.8 Å². The largest absolute Gasteiger partial charge is 0.352 e. The van der Waals surface area contributed by atoms with Gasteiger partial charge in [-0.2, -0.15) is 0 Å². The standard InChI is InChI=1S/C17H35N5O3/c1-7-19-13(11(2)3)15(24)21-12(9-8-10-20-16(18)25)14(23)22-17(4,5)6/h11-13,19H,7-10H2,1-6H3,(H,21,24)(H,22,23)(H3,18,20,25)/t12-,13-/m0/s1. The molecule has 0 aromatic carbocycles. The summed E-state index contributed by atoms with van der Waals surface area (Å²) < 4.78 is 0. The highest BCUT2D eigenvalue weighted by molar-refractivity contribution is 5.90. The molecular weight excluding hydrogens is 322 g/mol. The molecule has 0 saturated carbocycles. The van der Waals surface area contributed by atoms with Gasteiger partial charge in [0, 0.05) is 12.1 Å². The van der Waals surface area contributed by atoms with E-state index in [0.717, 1.165) is 0 Å². The number of primary amides is 1. The molecule has 0 aliphatic heterocycles. The summed E-state index contributed by atoms with van der Waals surface area (Å²) in [6, 6.07) is -1.63. The predicted octanol–water partition coefficient (Wildman–Crippen LogP) is 0.469. The zero-order valence-corrected chi connectivity index (χ0v) is 16.4. The van der Waals surface area contributed by atoms with Gasteiger partial charge in [-0.1, -0.05) is 20.8 Å². The first kappa shape index (κ1) is 23.2. The predicted molar refractivity (Wildman–Crippen MR) is 98.9 cm³/mol. The maximum Gasteiger partial charge on any atom is 0.312 e. The number of nitrogens with one attached hydrogen (secondary N) is 4. The van der Waals surface area contributed by atoms with Crippen molar-refractivity contribution >= 4 is 17.8 Å². The molecular formula is C17H35N5O3. The van der Waals surface area contributed by atoms with Crippen molar-refractivity contribution in [2.45, 2.75) is 72.0 Å². The lowest BCUT2D eigenvalue weighted by Crippen LogP contribution is -2.56. The molecule has 25 heavy (non-hydrogen) atoms. The van der Waals surface area contributed by atoms with Crippen LogP contribution in [0, 0.1) is 5.92 Å². The lowest BCUT2D eigenvalue weighted by Gasteiger charge is -2.28. The van der Waals surface area contributed by atoms with Gasteiger partial charge in [-0.25, -0.2) is 4.79 Å². The number of carbonyl (C=O) groups is 3. The molecule has 0 aromatic rings. The molecule has 0 unspecified atom stereocenters. The summed E-state index contributed by atoms with van der Waals surface area (Å²) >= 11 is 0. The van der Waals surface area contributed by atoms with Crippen LogP contribution in [0.4, 0.5) is 4.79 Å². The fraction of sp³-hybridized carbons (Fsp3) is 0.824. The highest BCUT2D eigenvalue weighted by Gasteiger charge is 2.28. The summed E-state index contributed by atoms with van der Waals surface area (Å²) in [5.41, 5.74) is 4.63. The second kappa shape index (κ2) is 10.9. The van der Waals surface area contributed by atoms with E-state index in [-0.39, 0.29) is 23.8 Å². The second-order valence-corrected chi connectivity index (χ2v) is 7.51. The Bertz CT molecular complexity index is 446. The molecule has 0 radical (unpaired) electrons. The third-order valence-corrected chi connectivity index (χ3v) is 3.47. The van der Waals surface area contributed by atoms with Crippen molar-refractivity contribution in [2.24, 2.45) is 11.7 Å². The monoisotopic (exact) mass is 357 g/mol. The van der Waals surface area contributed by atoms with Gasteiger partial charge in [-0.05, 0) is 46.1 Å². The molecule has 2 atom stereocenters. The molecule has 4 amide bonds. The third kappa shape index (κ3) is 10.6. The molecule has 0 bridgehead atoms. The van der Waals surface area contributed by atoms with E-state index in [1.165, 1.54) is 0 Å². The number of hydrogen-bond acceptors (Lipinski definition) is 4. The fourth-order valence-electron chi connectivity index (χ4n) is 2.36. The van der Waals surface area contributed by atoms with Crippen molar-refractivity contribution in [2.75, 3.05) is 13.1 Å². The first-order valence-electron chi connectivity index (χ1n) is 8.87. The minimum absolute atomic E-state index is 0.0998. The van der Waals surface area contributed by atoms with E-state index in [0.29, 0.717) is 25.9 Å². The summed E-state index contributed by atoms with van der Waals surface area (Å²) in [4.78, 5) is 35.8. The van der Waals surface area contributed by atoms with Crippen LogP contribution in [-0.4, -0.2) is 48.6 Å². The van der Waals surface area contributed by atoms with E-state index >= 15 is 0 Å². The van der Waals surface area contributed by atoms with Crippen molar-refractivity contribution in [3.63, 3.8) is 0 Å². The zero-order valence-electron chi connectivity index (χ0n) is 16.4. The Hall–Kier alpha value is -1.83. The summed E-state index contributed by atoms with van der Waals surface area (Å²) in [6.07, 6.45) is 0.934. The molecule has 8 nitrogen and oxygen atoms in total. The minimum Gasteiger partial charge on any atom is -0.352 e. The minimum atomic E-state index is -0.665. The van der Waals surface area contributed by atoms with Gasteiger partial charge in [-0.3, -0.25) is 9.59 Å². The van der Waals surface area contributed by atoms with Crippen LogP contribution in [0.3, 0.4) is 0 Å². The normalized spacial score (nSPS) is 13.9. The van der Waals surface area contributed by atoms with Crippen LogP contribution in [0.25, 0.3) is 0 Å². The number of likely N-dealkylation sites (N-methyl/N-ethyl adjacent to an activating group) is 1. The molecule has 0 saturated heterocycles. The maximum atomic E-state index is 12.6. The Morgan fingerprint density at radius 1 is 1.08 bits per heavy atom. The molecule has 0 rings (SSSR count). The number of hydrogen-bond donors (Lipinski definition) is 5. The molecule has 0 aromatic heterocycles. The average molecular weight is 357 g/mol. The molecule has 6 N–H and O–H groups in total. The van der Waals surface area contributed by atoms with Crippen molar-refractivity contribution in [1.29, 1.82) is 0 Å². The quantitative estimate of drug-likeness (QED) is 0.364. The Labute approximate surface area is 151 Å². The van der Waals surface area contributed by atoms with E-state index in [9.17, 15) is 14.4 Å². The van der Waals surface area contributed by atoms with Crippen LogP contribution in [-0.2, 0) is 9.59 Å². The maximum absolute atomic E-state index is 12.6. The van der Waals surface area contributed by atoms with Crippen molar-refractivity contribution in [1.82, 2.24) is 21.3 Å². The van der Waals surface area contributed by atoms with Crippen LogP contribution in [0.2, 0.25) is 0 Å². The lowest BCUT2D eigenvalue weighted by atomic mass is 10.0. The van der Waals surface area contributed by atoms with Crippen LogP contribution >= 0.6 is 0 Å². The molecule has 0 aliphatic carbocycles. The van der Waals surface area contributed by atoms with E-state index in [4.69, 9.17) is 5.73 Å². The third-order valence-electron chi connectivity index (χ3n) is 3.47. The van der Waals surface area contributed by atoms with Gasteiger partial charge in [0.15, 0.2) is 0 Å². The van der Waals surface area contributed by atoms with Crippen LogP contribution in [0.5, 0.6) is 0 Å². The SMILES string of the molecule is CCN[C@H](C(=O)N[C@@H](CCCNC(N)=O)C(=O)NC(C)(C)C)C(C)C. The highest BCUT2D eigenvalue weighted by atomic mass is 16.2. The average Bonchev–Trinajstić information content (AvgIpc) is 2.45. The lowest BCUT2D eigenvalue weighted by molar-refractivity contribution is -0.131. The smallest absolute Gasteiger partial charge is 0.312 e. The van der Waals surface area contributed by atoms with Crippen LogP contribution in [0.15, 0.2) is 0 Å². The molecule has 8 heteroatoms. The number of carbonyl (C=O) groups excluding carboxylic acids is 3. The summed E-state index contributed by atoms with van der Waals surface area (Å²) in [6.45, 7) is 12.5. The van der Waals surface area contributed by atoms with E-state index in [1.807, 2.05) is 41.5 Å². The topological polar surface area (TPSA) is 125 Å². The Morgan fingerprint density at radius 2 is 1.68 bits per heavy atom. The van der Waals surface area contributed by atoms with Crippen molar-refractivity contribution in [3.05, 3.63) is 0 Å². The Balaban J connectivity index is 4.94. The van der Waals surface area contributed by atoms with Crippen molar-refractivity contribution in [3.8, 4) is 0 Å². The number of rotatable bonds is 10. The van der Waals surface area contributed by atoms with E-state index in [1.54, 1.807) is 0 Å². The molecule has 0 fully saturated rings. The molecule has 0 spiro atoms. The fourth-order valence-corrected chi connectivity index (χ4v) is 2.36. The molecule has 146 valence electrons. The van der Waals surface area contributed by atoms with Gasteiger partial charge >= 0.3 is 6.03 Å².